The van der Waals surface area contributed by atoms with E-state index < -0.39 is 16.1 Å². The molecule has 0 saturated heterocycles. The third kappa shape index (κ3) is 5.35. The lowest BCUT2D eigenvalue weighted by Crippen LogP contribution is -2.39. The summed E-state index contributed by atoms with van der Waals surface area (Å²) in [4.78, 5) is 11.9. The highest BCUT2D eigenvalue weighted by molar-refractivity contribution is 7.90. The lowest BCUT2D eigenvalue weighted by Gasteiger charge is -2.10. The Morgan fingerprint density at radius 3 is 2.12 bits per heavy atom. The highest BCUT2D eigenvalue weighted by atomic mass is 32.2. The molecule has 0 aliphatic heterocycles. The summed E-state index contributed by atoms with van der Waals surface area (Å²) in [5, 5.41) is 7.34. The molecule has 3 aromatic carbocycles. The van der Waals surface area contributed by atoms with Gasteiger partial charge in [-0.05, 0) is 36.8 Å². The highest BCUT2D eigenvalue weighted by Crippen LogP contribution is 2.29. The molecular weight excluding hydrogens is 448 g/mol. The Morgan fingerprint density at radius 1 is 0.882 bits per heavy atom. The van der Waals surface area contributed by atoms with Crippen molar-refractivity contribution in [2.75, 3.05) is 6.54 Å². The summed E-state index contributed by atoms with van der Waals surface area (Å²) < 4.78 is 29.1. The van der Waals surface area contributed by atoms with Gasteiger partial charge in [0.25, 0.3) is 10.0 Å². The number of nitrogens with zero attached hydrogens (tertiary/aromatic N) is 2. The van der Waals surface area contributed by atoms with Crippen molar-refractivity contribution in [2.45, 2.75) is 24.7 Å². The first-order chi connectivity index (χ1) is 16.5. The van der Waals surface area contributed by atoms with Crippen LogP contribution in [-0.4, -0.2) is 30.8 Å². The average molecular weight is 475 g/mol. The van der Waals surface area contributed by atoms with Gasteiger partial charge in [-0.2, -0.15) is 5.10 Å². The SMILES string of the molecule is CCCCNC(=O)NS(=O)(=O)c1ccc(-n2nc(-c3ccccc3)cc2-c2ccccc2)cc1. The zero-order valence-corrected chi connectivity index (χ0v) is 19.6. The van der Waals surface area contributed by atoms with Gasteiger partial charge in [-0.3, -0.25) is 0 Å². The Hall–Kier alpha value is -3.91. The topological polar surface area (TPSA) is 93.1 Å². The first-order valence-electron chi connectivity index (χ1n) is 11.1. The maximum atomic E-state index is 12.6. The molecule has 1 heterocycles. The van der Waals surface area contributed by atoms with Gasteiger partial charge in [-0.25, -0.2) is 22.6 Å². The standard InChI is InChI=1S/C26H26N4O3S/c1-2-3-18-27-26(31)29-34(32,33)23-16-14-22(15-17-23)30-25(21-12-8-5-9-13-21)19-24(28-30)20-10-6-4-7-11-20/h4-17,19H,2-3,18H2,1H3,(H2,27,29,31). The minimum absolute atomic E-state index is 0.00130. The van der Waals surface area contributed by atoms with E-state index in [4.69, 9.17) is 5.10 Å². The van der Waals surface area contributed by atoms with Gasteiger partial charge in [0, 0.05) is 17.7 Å². The van der Waals surface area contributed by atoms with Crippen LogP contribution in [0.25, 0.3) is 28.2 Å². The molecule has 4 aromatic rings. The number of hydrogen-bond acceptors (Lipinski definition) is 4. The summed E-state index contributed by atoms with van der Waals surface area (Å²) in [7, 11) is -3.99. The van der Waals surface area contributed by atoms with Gasteiger partial charge < -0.3 is 5.32 Å². The van der Waals surface area contributed by atoms with Gasteiger partial charge in [0.1, 0.15) is 0 Å². The number of urea groups is 1. The van der Waals surface area contributed by atoms with Crippen molar-refractivity contribution in [1.29, 1.82) is 0 Å². The third-order valence-electron chi connectivity index (χ3n) is 5.28. The molecule has 1 aromatic heterocycles. The fourth-order valence-corrected chi connectivity index (χ4v) is 4.43. The van der Waals surface area contributed by atoms with Crippen LogP contribution in [0.4, 0.5) is 4.79 Å². The van der Waals surface area contributed by atoms with E-state index in [-0.39, 0.29) is 4.90 Å². The molecule has 2 amide bonds. The molecule has 0 radical (unpaired) electrons. The summed E-state index contributed by atoms with van der Waals surface area (Å²) in [6.45, 7) is 2.41. The molecule has 174 valence electrons. The van der Waals surface area contributed by atoms with Crippen molar-refractivity contribution in [3.63, 3.8) is 0 Å². The molecular formula is C26H26N4O3S. The first kappa shape index (κ1) is 23.3. The van der Waals surface area contributed by atoms with Crippen molar-refractivity contribution >= 4 is 16.1 Å². The molecule has 7 nitrogen and oxygen atoms in total. The Kier molecular flexibility index (Phi) is 7.08. The van der Waals surface area contributed by atoms with Crippen LogP contribution in [-0.2, 0) is 10.0 Å². The Bertz CT molecular complexity index is 1350. The van der Waals surface area contributed by atoms with Gasteiger partial charge >= 0.3 is 6.03 Å². The van der Waals surface area contributed by atoms with Crippen molar-refractivity contribution < 1.29 is 13.2 Å². The van der Waals surface area contributed by atoms with Gasteiger partial charge in [0.05, 0.1) is 22.0 Å². The minimum atomic E-state index is -3.99. The molecule has 0 unspecified atom stereocenters. The molecule has 2 N–H and O–H groups in total. The molecule has 0 spiro atoms. The number of hydrogen-bond donors (Lipinski definition) is 2. The Morgan fingerprint density at radius 2 is 1.50 bits per heavy atom. The maximum absolute atomic E-state index is 12.6. The van der Waals surface area contributed by atoms with Crippen LogP contribution in [0.3, 0.4) is 0 Å². The number of benzene rings is 3. The largest absolute Gasteiger partial charge is 0.337 e. The molecule has 34 heavy (non-hydrogen) atoms. The molecule has 4 rings (SSSR count). The lowest BCUT2D eigenvalue weighted by molar-refractivity contribution is 0.245. The fraction of sp³-hybridized carbons (Fsp3) is 0.154. The van der Waals surface area contributed by atoms with Crippen LogP contribution in [0.2, 0.25) is 0 Å². The second kappa shape index (κ2) is 10.4. The number of carbonyl (C=O) groups excluding carboxylic acids is 1. The predicted octanol–water partition coefficient (Wildman–Crippen LogP) is 4.99. The van der Waals surface area contributed by atoms with Crippen LogP contribution < -0.4 is 10.0 Å². The van der Waals surface area contributed by atoms with Crippen LogP contribution >= 0.6 is 0 Å². The second-order valence-corrected chi connectivity index (χ2v) is 9.45. The van der Waals surface area contributed by atoms with Gasteiger partial charge in [0.15, 0.2) is 0 Å². The van der Waals surface area contributed by atoms with Crippen LogP contribution in [0.1, 0.15) is 19.8 Å². The number of rotatable bonds is 8. The van der Waals surface area contributed by atoms with Gasteiger partial charge in [-0.1, -0.05) is 74.0 Å². The molecule has 8 heteroatoms. The van der Waals surface area contributed by atoms with E-state index in [0.29, 0.717) is 12.2 Å². The molecule has 0 bridgehead atoms. The van der Waals surface area contributed by atoms with Crippen molar-refractivity contribution in [2.24, 2.45) is 0 Å². The summed E-state index contributed by atoms with van der Waals surface area (Å²) in [6, 6.07) is 27.3. The van der Waals surface area contributed by atoms with E-state index in [0.717, 1.165) is 35.4 Å². The highest BCUT2D eigenvalue weighted by Gasteiger charge is 2.18. The van der Waals surface area contributed by atoms with E-state index in [1.807, 2.05) is 73.7 Å². The van der Waals surface area contributed by atoms with Crippen LogP contribution in [0.15, 0.2) is 95.9 Å². The van der Waals surface area contributed by atoms with Crippen LogP contribution in [0, 0.1) is 0 Å². The summed E-state index contributed by atoms with van der Waals surface area (Å²) in [5.74, 6) is 0. The normalized spacial score (nSPS) is 11.2. The van der Waals surface area contributed by atoms with Gasteiger partial charge in [-0.15, -0.1) is 0 Å². The predicted molar refractivity (Wildman–Crippen MR) is 133 cm³/mol. The third-order valence-corrected chi connectivity index (χ3v) is 6.63. The fourth-order valence-electron chi connectivity index (χ4n) is 3.50. The Balaban J connectivity index is 1.64. The van der Waals surface area contributed by atoms with E-state index in [9.17, 15) is 13.2 Å². The van der Waals surface area contributed by atoms with E-state index in [1.165, 1.54) is 12.1 Å². The molecule has 0 aliphatic carbocycles. The first-order valence-corrected chi connectivity index (χ1v) is 12.6. The summed E-state index contributed by atoms with van der Waals surface area (Å²) in [6.07, 6.45) is 1.68. The molecule has 0 aliphatic rings. The number of amides is 2. The monoisotopic (exact) mass is 474 g/mol. The number of nitrogens with one attached hydrogen (secondary N) is 2. The number of aromatic nitrogens is 2. The smallest absolute Gasteiger partial charge is 0.328 e. The van der Waals surface area contributed by atoms with E-state index in [1.54, 1.807) is 16.8 Å². The van der Waals surface area contributed by atoms with Crippen molar-refractivity contribution in [1.82, 2.24) is 19.8 Å². The Labute approximate surface area is 199 Å². The zero-order valence-electron chi connectivity index (χ0n) is 18.8. The number of sulfonamides is 1. The van der Waals surface area contributed by atoms with Gasteiger partial charge in [0.2, 0.25) is 0 Å². The van der Waals surface area contributed by atoms with E-state index in [2.05, 4.69) is 10.0 Å². The average Bonchev–Trinajstić information content (AvgIpc) is 3.31. The molecule has 0 atom stereocenters. The zero-order chi connectivity index (χ0) is 24.0. The number of unbranched alkanes of at least 4 members (excludes halogenated alkanes) is 1. The van der Waals surface area contributed by atoms with Crippen LogP contribution in [0.5, 0.6) is 0 Å². The molecule has 0 saturated carbocycles. The lowest BCUT2D eigenvalue weighted by atomic mass is 10.1. The molecule has 0 fully saturated rings. The van der Waals surface area contributed by atoms with Crippen molar-refractivity contribution in [3.05, 3.63) is 91.0 Å². The van der Waals surface area contributed by atoms with E-state index >= 15 is 0 Å². The second-order valence-electron chi connectivity index (χ2n) is 7.77. The maximum Gasteiger partial charge on any atom is 0.328 e. The minimum Gasteiger partial charge on any atom is -0.337 e. The van der Waals surface area contributed by atoms with Crippen molar-refractivity contribution in [3.8, 4) is 28.2 Å². The summed E-state index contributed by atoms with van der Waals surface area (Å²) >= 11 is 0. The quantitative estimate of drug-likeness (QED) is 0.352. The number of carbonyl (C=O) groups is 1. The summed E-state index contributed by atoms with van der Waals surface area (Å²) in [5.41, 5.74) is 4.35.